The van der Waals surface area contributed by atoms with Crippen LogP contribution in [0.5, 0.6) is 5.75 Å². The number of methoxy groups -OCH3 is 1. The number of amides is 1. The number of rotatable bonds is 5. The summed E-state index contributed by atoms with van der Waals surface area (Å²) in [5.74, 6) is 0.0224. The first-order valence-electron chi connectivity index (χ1n) is 8.82. The van der Waals surface area contributed by atoms with Crippen molar-refractivity contribution in [3.63, 3.8) is 0 Å². The van der Waals surface area contributed by atoms with Crippen LogP contribution < -0.4 is 4.74 Å². The molecule has 2 saturated heterocycles. The molecule has 28 heavy (non-hydrogen) atoms. The third-order valence-corrected chi connectivity index (χ3v) is 5.99. The molecule has 1 amide bonds. The van der Waals surface area contributed by atoms with Gasteiger partial charge in [-0.1, -0.05) is 0 Å². The van der Waals surface area contributed by atoms with Crippen LogP contribution in [-0.4, -0.2) is 65.6 Å². The number of likely N-dealkylation sites (tertiary alicyclic amines) is 1. The van der Waals surface area contributed by atoms with Crippen LogP contribution in [0.15, 0.2) is 24.4 Å². The first kappa shape index (κ1) is 18.7. The Morgan fingerprint density at radius 2 is 2.25 bits per heavy atom. The fourth-order valence-corrected chi connectivity index (χ4v) is 4.44. The smallest absolute Gasteiger partial charge is 0.407 e. The van der Waals surface area contributed by atoms with Gasteiger partial charge in [-0.05, 0) is 25.1 Å². The number of benzene rings is 1. The Morgan fingerprint density at radius 1 is 1.43 bits per heavy atom. The van der Waals surface area contributed by atoms with Crippen molar-refractivity contribution in [3.8, 4) is 16.3 Å². The maximum Gasteiger partial charge on any atom is 0.407 e. The molecular weight excluding hydrogens is 384 g/mol. The highest BCUT2D eigenvalue weighted by atomic mass is 32.1. The first-order chi connectivity index (χ1) is 13.4. The number of nitrogens with zero attached hydrogens (tertiary/aromatic N) is 2. The van der Waals surface area contributed by atoms with Crippen molar-refractivity contribution in [2.24, 2.45) is 0 Å². The summed E-state index contributed by atoms with van der Waals surface area (Å²) in [6.07, 6.45) is 1.44. The highest BCUT2D eigenvalue weighted by Gasteiger charge is 2.53. The Hall–Kier alpha value is -2.65. The Bertz CT molecular complexity index is 929. The quantitative estimate of drug-likeness (QED) is 0.765. The molecule has 0 saturated carbocycles. The van der Waals surface area contributed by atoms with Crippen LogP contribution >= 0.6 is 11.3 Å². The van der Waals surface area contributed by atoms with Crippen molar-refractivity contribution < 1.29 is 28.9 Å². The van der Waals surface area contributed by atoms with Gasteiger partial charge in [-0.3, -0.25) is 4.90 Å². The van der Waals surface area contributed by atoms with Crippen molar-refractivity contribution in [1.29, 1.82) is 0 Å². The highest BCUT2D eigenvalue weighted by Crippen LogP contribution is 2.38. The number of aromatic nitrogens is 1. The van der Waals surface area contributed by atoms with Gasteiger partial charge < -0.3 is 19.3 Å². The molecule has 0 spiro atoms. The molecule has 1 N–H and O–H groups in total. The van der Waals surface area contributed by atoms with Crippen LogP contribution in [0.25, 0.3) is 10.6 Å². The van der Waals surface area contributed by atoms with E-state index in [9.17, 15) is 14.7 Å². The fourth-order valence-electron chi connectivity index (χ4n) is 3.68. The number of carbonyl (C=O) groups excluding carboxylic acids is 1. The molecule has 2 aliphatic rings. The van der Waals surface area contributed by atoms with Gasteiger partial charge in [0.1, 0.15) is 23.0 Å². The Balaban J connectivity index is 1.57. The summed E-state index contributed by atoms with van der Waals surface area (Å²) in [5.41, 5.74) is 0.476. The summed E-state index contributed by atoms with van der Waals surface area (Å²) in [6.45, 7) is 2.82. The topological polar surface area (TPSA) is 98.2 Å². The molecule has 3 heterocycles. The lowest BCUT2D eigenvalue weighted by Crippen LogP contribution is -2.47. The summed E-state index contributed by atoms with van der Waals surface area (Å²) in [5, 5.41) is 10.1. The van der Waals surface area contributed by atoms with Gasteiger partial charge in [-0.25, -0.2) is 14.6 Å². The van der Waals surface area contributed by atoms with Crippen molar-refractivity contribution in [3.05, 3.63) is 34.8 Å². The van der Waals surface area contributed by atoms with Crippen LogP contribution in [0, 0.1) is 6.92 Å². The summed E-state index contributed by atoms with van der Waals surface area (Å²) in [4.78, 5) is 30.2. The number of carbonyl (C=O) groups is 2. The van der Waals surface area contributed by atoms with E-state index in [-0.39, 0.29) is 19.2 Å². The van der Waals surface area contributed by atoms with E-state index in [2.05, 4.69) is 4.98 Å². The van der Waals surface area contributed by atoms with Crippen molar-refractivity contribution in [2.75, 3.05) is 26.9 Å². The molecule has 2 aliphatic heterocycles. The van der Waals surface area contributed by atoms with Crippen LogP contribution in [0.1, 0.15) is 21.7 Å². The van der Waals surface area contributed by atoms with Gasteiger partial charge in [0.25, 0.3) is 0 Å². The molecule has 148 valence electrons. The van der Waals surface area contributed by atoms with E-state index in [4.69, 9.17) is 14.2 Å². The van der Waals surface area contributed by atoms with Crippen LogP contribution in [0.4, 0.5) is 4.79 Å². The molecule has 1 aromatic heterocycles. The van der Waals surface area contributed by atoms with Gasteiger partial charge in [0, 0.05) is 23.1 Å². The summed E-state index contributed by atoms with van der Waals surface area (Å²) in [7, 11) is 1.33. The number of fused-ring (bicyclic) bond motifs is 2. The average Bonchev–Trinajstić information content (AvgIpc) is 3.40. The van der Waals surface area contributed by atoms with Crippen molar-refractivity contribution in [1.82, 2.24) is 9.88 Å². The number of thiazole rings is 1. The van der Waals surface area contributed by atoms with Gasteiger partial charge in [-0.2, -0.15) is 0 Å². The molecule has 2 atom stereocenters. The van der Waals surface area contributed by atoms with Crippen LogP contribution in [-0.2, 0) is 9.47 Å². The van der Waals surface area contributed by atoms with E-state index in [0.717, 1.165) is 15.4 Å². The standard InChI is InChI=1S/C19H20N2O6S/c1-11-7-20-16(28-11)12-3-13(17(22)25-2)5-15(4-12)26-10-19-6-14(8-27-19)21(9-19)18(23)24/h3-5,7,14H,6,8-10H2,1-2H3,(H,23,24). The second-order valence-electron chi connectivity index (χ2n) is 7.06. The van der Waals surface area contributed by atoms with E-state index >= 15 is 0 Å². The molecule has 0 aliphatic carbocycles. The Kier molecular flexibility index (Phi) is 4.72. The molecule has 1 aromatic carbocycles. The van der Waals surface area contributed by atoms with Gasteiger partial charge in [0.05, 0.1) is 31.9 Å². The first-order valence-corrected chi connectivity index (χ1v) is 9.63. The third-order valence-electron chi connectivity index (χ3n) is 5.03. The number of morpholine rings is 1. The molecule has 4 rings (SSSR count). The summed E-state index contributed by atoms with van der Waals surface area (Å²) in [6, 6.07) is 5.02. The van der Waals surface area contributed by atoms with Gasteiger partial charge in [0.15, 0.2) is 0 Å². The van der Waals surface area contributed by atoms with Crippen molar-refractivity contribution >= 4 is 23.4 Å². The molecule has 2 bridgehead atoms. The Labute approximate surface area is 165 Å². The number of esters is 1. The molecule has 2 fully saturated rings. The zero-order valence-corrected chi connectivity index (χ0v) is 16.3. The zero-order chi connectivity index (χ0) is 19.9. The summed E-state index contributed by atoms with van der Waals surface area (Å²) < 4.78 is 16.6. The third kappa shape index (κ3) is 3.43. The lowest BCUT2D eigenvalue weighted by molar-refractivity contribution is -0.0624. The highest BCUT2D eigenvalue weighted by molar-refractivity contribution is 7.14. The molecule has 2 unspecified atom stereocenters. The molecule has 8 nitrogen and oxygen atoms in total. The lowest BCUT2D eigenvalue weighted by Gasteiger charge is -2.31. The molecule has 2 aromatic rings. The van der Waals surface area contributed by atoms with Crippen molar-refractivity contribution in [2.45, 2.75) is 25.0 Å². The van der Waals surface area contributed by atoms with Crippen LogP contribution in [0.2, 0.25) is 0 Å². The normalized spacial score (nSPS) is 23.1. The number of aryl methyl sites for hydroxylation is 1. The predicted molar refractivity (Wildman–Crippen MR) is 101 cm³/mol. The Morgan fingerprint density at radius 3 is 2.89 bits per heavy atom. The van der Waals surface area contributed by atoms with E-state index < -0.39 is 17.7 Å². The molecule has 0 radical (unpaired) electrons. The van der Waals surface area contributed by atoms with Gasteiger partial charge >= 0.3 is 12.1 Å². The van der Waals surface area contributed by atoms with E-state index in [1.165, 1.54) is 23.3 Å². The van der Waals surface area contributed by atoms with E-state index in [0.29, 0.717) is 24.3 Å². The number of hydrogen-bond acceptors (Lipinski definition) is 7. The van der Waals surface area contributed by atoms with Crippen LogP contribution in [0.3, 0.4) is 0 Å². The minimum Gasteiger partial charge on any atom is -0.490 e. The minimum absolute atomic E-state index is 0.128. The number of hydrogen-bond donors (Lipinski definition) is 1. The number of ether oxygens (including phenoxy) is 3. The SMILES string of the molecule is COC(=O)c1cc(OCC23CC(CO2)N(C(=O)O)C3)cc(-c2ncc(C)s2)c1. The predicted octanol–water partition coefficient (Wildman–Crippen LogP) is 2.81. The minimum atomic E-state index is -0.940. The maximum atomic E-state index is 12.1. The molecular formula is C19H20N2O6S. The monoisotopic (exact) mass is 404 g/mol. The lowest BCUT2D eigenvalue weighted by atomic mass is 10.0. The largest absolute Gasteiger partial charge is 0.490 e. The second kappa shape index (κ2) is 7.06. The van der Waals surface area contributed by atoms with Gasteiger partial charge in [0.2, 0.25) is 0 Å². The zero-order valence-electron chi connectivity index (χ0n) is 15.5. The maximum absolute atomic E-state index is 12.1. The fraction of sp³-hybridized carbons (Fsp3) is 0.421. The summed E-state index contributed by atoms with van der Waals surface area (Å²) >= 11 is 1.52. The second-order valence-corrected chi connectivity index (χ2v) is 8.30. The van der Waals surface area contributed by atoms with Gasteiger partial charge in [-0.15, -0.1) is 11.3 Å². The molecule has 9 heteroatoms. The van der Waals surface area contributed by atoms with E-state index in [1.807, 2.05) is 13.0 Å². The number of carboxylic acid groups (broad SMARTS) is 1. The average molecular weight is 404 g/mol. The van der Waals surface area contributed by atoms with E-state index in [1.54, 1.807) is 18.3 Å².